The summed E-state index contributed by atoms with van der Waals surface area (Å²) in [5, 5.41) is 7.52. The number of amides is 1. The fourth-order valence-electron chi connectivity index (χ4n) is 3.21. The normalized spacial score (nSPS) is 10.7. The predicted octanol–water partition coefficient (Wildman–Crippen LogP) is 5.25. The highest BCUT2D eigenvalue weighted by Crippen LogP contribution is 2.32. The van der Waals surface area contributed by atoms with Crippen molar-refractivity contribution >= 4 is 23.3 Å². The molecule has 0 saturated carbocycles. The highest BCUT2D eigenvalue weighted by Gasteiger charge is 2.22. The van der Waals surface area contributed by atoms with Gasteiger partial charge in [-0.3, -0.25) is 9.59 Å². The predicted molar refractivity (Wildman–Crippen MR) is 119 cm³/mol. The van der Waals surface area contributed by atoms with E-state index >= 15 is 0 Å². The average Bonchev–Trinajstić information content (AvgIpc) is 2.78. The van der Waals surface area contributed by atoms with Crippen LogP contribution in [0.2, 0.25) is 5.02 Å². The summed E-state index contributed by atoms with van der Waals surface area (Å²) in [6, 6.07) is 21.1. The molecule has 154 valence electrons. The maximum absolute atomic E-state index is 13.5. The van der Waals surface area contributed by atoms with Gasteiger partial charge in [-0.05, 0) is 49.4 Å². The number of anilines is 1. The van der Waals surface area contributed by atoms with Crippen LogP contribution in [0.5, 0.6) is 0 Å². The third-order valence-corrected chi connectivity index (χ3v) is 5.07. The van der Waals surface area contributed by atoms with E-state index in [9.17, 15) is 14.0 Å². The van der Waals surface area contributed by atoms with E-state index in [2.05, 4.69) is 10.4 Å². The lowest BCUT2D eigenvalue weighted by atomic mass is 10.0. The Labute approximate surface area is 182 Å². The number of halogens is 2. The fraction of sp³-hybridized carbons (Fsp3) is 0.0417. The fourth-order valence-corrected chi connectivity index (χ4v) is 3.44. The first-order valence-electron chi connectivity index (χ1n) is 9.47. The molecular formula is C24H17ClFN3O2. The van der Waals surface area contributed by atoms with Crippen molar-refractivity contribution in [2.45, 2.75) is 6.92 Å². The van der Waals surface area contributed by atoms with Crippen molar-refractivity contribution in [1.82, 2.24) is 9.78 Å². The minimum atomic E-state index is -0.421. The number of aromatic nitrogens is 2. The van der Waals surface area contributed by atoms with Crippen LogP contribution in [0.25, 0.3) is 16.8 Å². The lowest BCUT2D eigenvalue weighted by Crippen LogP contribution is -2.25. The van der Waals surface area contributed by atoms with Gasteiger partial charge in [-0.15, -0.1) is 0 Å². The van der Waals surface area contributed by atoms with Crippen LogP contribution >= 0.6 is 11.6 Å². The van der Waals surface area contributed by atoms with Crippen LogP contribution < -0.4 is 10.7 Å². The molecule has 0 atom stereocenters. The van der Waals surface area contributed by atoms with Gasteiger partial charge in [-0.1, -0.05) is 48.0 Å². The third-order valence-electron chi connectivity index (χ3n) is 4.74. The van der Waals surface area contributed by atoms with Crippen LogP contribution in [0.4, 0.5) is 10.2 Å². The molecule has 3 aromatic carbocycles. The number of benzene rings is 3. The molecule has 0 unspecified atom stereocenters. The van der Waals surface area contributed by atoms with Gasteiger partial charge in [0.1, 0.15) is 17.3 Å². The zero-order valence-corrected chi connectivity index (χ0v) is 17.2. The average molecular weight is 434 g/mol. The number of carbonyl (C=O) groups is 1. The molecule has 4 rings (SSSR count). The number of nitrogens with one attached hydrogen (secondary N) is 1. The van der Waals surface area contributed by atoms with Crippen molar-refractivity contribution in [1.29, 1.82) is 0 Å². The largest absolute Gasteiger partial charge is 0.306 e. The molecule has 0 saturated heterocycles. The van der Waals surface area contributed by atoms with E-state index in [0.29, 0.717) is 21.8 Å². The van der Waals surface area contributed by atoms with Gasteiger partial charge in [0.25, 0.3) is 5.91 Å². The zero-order valence-electron chi connectivity index (χ0n) is 16.5. The van der Waals surface area contributed by atoms with Crippen molar-refractivity contribution in [2.24, 2.45) is 0 Å². The van der Waals surface area contributed by atoms with Gasteiger partial charge in [0.05, 0.1) is 11.3 Å². The smallest absolute Gasteiger partial charge is 0.256 e. The van der Waals surface area contributed by atoms with Crippen molar-refractivity contribution < 1.29 is 9.18 Å². The Morgan fingerprint density at radius 2 is 1.61 bits per heavy atom. The monoisotopic (exact) mass is 433 g/mol. The first-order valence-corrected chi connectivity index (χ1v) is 9.84. The van der Waals surface area contributed by atoms with Crippen molar-refractivity contribution in [3.05, 3.63) is 111 Å². The molecule has 0 fully saturated rings. The SMILES string of the molecule is Cc1nn(-c2ccc(F)cc2)c(NC(=O)c2ccccc2)c(-c2ccccc2Cl)c1=O. The molecule has 0 aliphatic heterocycles. The van der Waals surface area contributed by atoms with Gasteiger partial charge >= 0.3 is 0 Å². The molecule has 1 aromatic heterocycles. The van der Waals surface area contributed by atoms with E-state index in [1.165, 1.54) is 28.9 Å². The molecule has 1 amide bonds. The number of nitrogens with zero attached hydrogens (tertiary/aromatic N) is 2. The molecule has 1 N–H and O–H groups in total. The number of hydrogen-bond acceptors (Lipinski definition) is 3. The summed E-state index contributed by atoms with van der Waals surface area (Å²) < 4.78 is 14.9. The topological polar surface area (TPSA) is 64.0 Å². The standard InChI is InChI=1S/C24H17ClFN3O2/c1-15-22(30)21(19-9-5-6-10-20(19)25)23(27-24(31)16-7-3-2-4-8-16)29(28-15)18-13-11-17(26)12-14-18/h2-14H,1H3,(H,27,31). The van der Waals surface area contributed by atoms with Crippen LogP contribution in [0.1, 0.15) is 16.1 Å². The number of aryl methyl sites for hydroxylation is 1. The van der Waals surface area contributed by atoms with Crippen molar-refractivity contribution in [2.75, 3.05) is 5.32 Å². The van der Waals surface area contributed by atoms with E-state index in [4.69, 9.17) is 11.6 Å². The second-order valence-electron chi connectivity index (χ2n) is 6.83. The van der Waals surface area contributed by atoms with E-state index in [0.717, 1.165) is 0 Å². The molecule has 1 heterocycles. The Bertz CT molecular complexity index is 1320. The van der Waals surface area contributed by atoms with Crippen molar-refractivity contribution in [3.8, 4) is 16.8 Å². The lowest BCUT2D eigenvalue weighted by Gasteiger charge is -2.19. The Balaban J connectivity index is 1.99. The van der Waals surface area contributed by atoms with Crippen LogP contribution in [-0.2, 0) is 0 Å². The van der Waals surface area contributed by atoms with Crippen molar-refractivity contribution in [3.63, 3.8) is 0 Å². The maximum Gasteiger partial charge on any atom is 0.256 e. The summed E-state index contributed by atoms with van der Waals surface area (Å²) >= 11 is 6.40. The van der Waals surface area contributed by atoms with Crippen LogP contribution in [0, 0.1) is 12.7 Å². The number of rotatable bonds is 4. The van der Waals surface area contributed by atoms with E-state index in [1.807, 2.05) is 0 Å². The minimum absolute atomic E-state index is 0.143. The van der Waals surface area contributed by atoms with Gasteiger partial charge in [0, 0.05) is 16.1 Å². The van der Waals surface area contributed by atoms with E-state index in [-0.39, 0.29) is 22.5 Å². The van der Waals surface area contributed by atoms with Crippen LogP contribution in [0.15, 0.2) is 83.7 Å². The van der Waals surface area contributed by atoms with Gasteiger partial charge in [0.2, 0.25) is 5.43 Å². The highest BCUT2D eigenvalue weighted by atomic mass is 35.5. The quantitative estimate of drug-likeness (QED) is 0.478. The molecule has 5 nitrogen and oxygen atoms in total. The molecule has 4 aromatic rings. The summed E-state index contributed by atoms with van der Waals surface area (Å²) in [7, 11) is 0. The molecule has 0 bridgehead atoms. The Morgan fingerprint density at radius 3 is 2.29 bits per heavy atom. The second kappa shape index (κ2) is 8.53. The number of carbonyl (C=O) groups excluding carboxylic acids is 1. The summed E-state index contributed by atoms with van der Waals surface area (Å²) in [6.07, 6.45) is 0. The zero-order chi connectivity index (χ0) is 22.0. The molecule has 31 heavy (non-hydrogen) atoms. The lowest BCUT2D eigenvalue weighted by molar-refractivity contribution is 0.102. The van der Waals surface area contributed by atoms with E-state index < -0.39 is 11.7 Å². The maximum atomic E-state index is 13.5. The molecule has 0 aliphatic rings. The van der Waals surface area contributed by atoms with Gasteiger partial charge in [-0.2, -0.15) is 5.10 Å². The molecule has 0 aliphatic carbocycles. The minimum Gasteiger partial charge on any atom is -0.306 e. The van der Waals surface area contributed by atoms with Gasteiger partial charge in [0.15, 0.2) is 0 Å². The highest BCUT2D eigenvalue weighted by molar-refractivity contribution is 6.33. The Kier molecular flexibility index (Phi) is 5.64. The first-order chi connectivity index (χ1) is 15.0. The first kappa shape index (κ1) is 20.5. The molecule has 0 spiro atoms. The van der Waals surface area contributed by atoms with Gasteiger partial charge in [-0.25, -0.2) is 9.07 Å². The third kappa shape index (κ3) is 4.11. The summed E-state index contributed by atoms with van der Waals surface area (Å²) in [5.74, 6) is -0.693. The summed E-state index contributed by atoms with van der Waals surface area (Å²) in [4.78, 5) is 26.1. The van der Waals surface area contributed by atoms with Crippen LogP contribution in [-0.4, -0.2) is 15.7 Å². The molecule has 0 radical (unpaired) electrons. The molecular weight excluding hydrogens is 417 g/mol. The van der Waals surface area contributed by atoms with E-state index in [1.54, 1.807) is 61.5 Å². The second-order valence-corrected chi connectivity index (χ2v) is 7.23. The van der Waals surface area contributed by atoms with Gasteiger partial charge < -0.3 is 5.32 Å². The molecule has 7 heteroatoms. The Hall–Kier alpha value is -3.77. The summed E-state index contributed by atoms with van der Waals surface area (Å²) in [5.41, 5.74) is 1.38. The summed E-state index contributed by atoms with van der Waals surface area (Å²) in [6.45, 7) is 1.57. The Morgan fingerprint density at radius 1 is 0.968 bits per heavy atom. The number of hydrogen-bond donors (Lipinski definition) is 1. The van der Waals surface area contributed by atoms with Crippen LogP contribution in [0.3, 0.4) is 0 Å².